The number of carbonyl (C=O) groups is 1. The maximum Gasteiger partial charge on any atom is 0.258 e. The highest BCUT2D eigenvalue weighted by atomic mass is 32.2. The molecule has 1 amide bonds. The van der Waals surface area contributed by atoms with E-state index in [1.54, 1.807) is 52.5 Å². The Morgan fingerprint density at radius 2 is 1.73 bits per heavy atom. The molecule has 4 rings (SSSR count). The van der Waals surface area contributed by atoms with Crippen molar-refractivity contribution in [3.05, 3.63) is 53.6 Å². The Balaban J connectivity index is 1.55. The highest BCUT2D eigenvalue weighted by molar-refractivity contribution is 7.92. The van der Waals surface area contributed by atoms with Gasteiger partial charge in [0, 0.05) is 36.6 Å². The minimum Gasteiger partial charge on any atom is -0.308 e. The first-order valence-corrected chi connectivity index (χ1v) is 14.4. The average molecular weight is 492 g/mol. The van der Waals surface area contributed by atoms with E-state index in [1.165, 1.54) is 6.07 Å². The monoisotopic (exact) mass is 491 g/mol. The maximum absolute atomic E-state index is 13.2. The molecular formula is C23H29N3O5S2. The zero-order valence-corrected chi connectivity index (χ0v) is 20.3. The largest absolute Gasteiger partial charge is 0.308 e. The summed E-state index contributed by atoms with van der Waals surface area (Å²) in [6.07, 6.45) is 3.86. The smallest absolute Gasteiger partial charge is 0.258 e. The van der Waals surface area contributed by atoms with E-state index in [1.807, 2.05) is 0 Å². The van der Waals surface area contributed by atoms with Crippen LogP contribution in [-0.4, -0.2) is 52.4 Å². The Labute approximate surface area is 195 Å². The summed E-state index contributed by atoms with van der Waals surface area (Å²) in [6, 6.07) is 11.4. The third-order valence-corrected chi connectivity index (χ3v) is 9.39. The van der Waals surface area contributed by atoms with Crippen molar-refractivity contribution < 1.29 is 21.6 Å². The van der Waals surface area contributed by atoms with Crippen LogP contribution in [0.15, 0.2) is 47.4 Å². The Hall–Kier alpha value is -2.43. The molecule has 0 unspecified atom stereocenters. The first-order chi connectivity index (χ1) is 15.7. The van der Waals surface area contributed by atoms with Crippen molar-refractivity contribution in [2.75, 3.05) is 35.0 Å². The second kappa shape index (κ2) is 9.44. The zero-order chi connectivity index (χ0) is 23.6. The molecule has 178 valence electrons. The van der Waals surface area contributed by atoms with Crippen LogP contribution in [0.2, 0.25) is 0 Å². The van der Waals surface area contributed by atoms with Crippen LogP contribution in [0.4, 0.5) is 11.4 Å². The fraction of sp³-hybridized carbons (Fsp3) is 0.435. The number of fused-ring (bicyclic) bond motifs is 1. The van der Waals surface area contributed by atoms with Gasteiger partial charge in [0.15, 0.2) is 0 Å². The Kier molecular flexibility index (Phi) is 6.78. The van der Waals surface area contributed by atoms with E-state index in [0.717, 1.165) is 24.8 Å². The van der Waals surface area contributed by atoms with Gasteiger partial charge in [-0.1, -0.05) is 19.4 Å². The quantitative estimate of drug-likeness (QED) is 0.641. The molecule has 10 heteroatoms. The SMILES string of the molecule is CCCS(=O)(=O)Nc1cccc(C(=O)N2CCc3cc(S(=O)(=O)N4CCCCC4)ccc32)c1. The van der Waals surface area contributed by atoms with Crippen LogP contribution in [0.1, 0.15) is 48.5 Å². The Morgan fingerprint density at radius 1 is 0.970 bits per heavy atom. The molecule has 2 aromatic carbocycles. The van der Waals surface area contributed by atoms with Crippen LogP contribution in [0.25, 0.3) is 0 Å². The van der Waals surface area contributed by atoms with Gasteiger partial charge in [0.2, 0.25) is 20.0 Å². The molecule has 33 heavy (non-hydrogen) atoms. The number of carbonyl (C=O) groups excluding carboxylic acids is 1. The van der Waals surface area contributed by atoms with Crippen LogP contribution >= 0.6 is 0 Å². The predicted octanol–water partition coefficient (Wildman–Crippen LogP) is 3.22. The van der Waals surface area contributed by atoms with Gasteiger partial charge in [-0.15, -0.1) is 0 Å². The first-order valence-electron chi connectivity index (χ1n) is 11.3. The molecule has 0 spiro atoms. The number of anilines is 2. The molecule has 1 saturated heterocycles. The summed E-state index contributed by atoms with van der Waals surface area (Å²) in [4.78, 5) is 15.1. The molecule has 0 saturated carbocycles. The predicted molar refractivity (Wildman–Crippen MR) is 129 cm³/mol. The normalized spacial score (nSPS) is 17.1. The fourth-order valence-corrected chi connectivity index (χ4v) is 7.07. The highest BCUT2D eigenvalue weighted by Gasteiger charge is 2.30. The first kappa shape index (κ1) is 23.7. The lowest BCUT2D eigenvalue weighted by Gasteiger charge is -2.26. The summed E-state index contributed by atoms with van der Waals surface area (Å²) >= 11 is 0. The molecule has 0 aromatic heterocycles. The molecule has 1 fully saturated rings. The Morgan fingerprint density at radius 3 is 2.45 bits per heavy atom. The molecule has 0 aliphatic carbocycles. The summed E-state index contributed by atoms with van der Waals surface area (Å²) in [7, 11) is -7.00. The van der Waals surface area contributed by atoms with E-state index in [2.05, 4.69) is 4.72 Å². The summed E-state index contributed by atoms with van der Waals surface area (Å²) < 4.78 is 54.2. The van der Waals surface area contributed by atoms with Crippen LogP contribution < -0.4 is 9.62 Å². The molecule has 1 N–H and O–H groups in total. The van der Waals surface area contributed by atoms with E-state index in [-0.39, 0.29) is 16.6 Å². The number of nitrogens with zero attached hydrogens (tertiary/aromatic N) is 2. The fourth-order valence-electron chi connectivity index (χ4n) is 4.37. The van der Waals surface area contributed by atoms with Crippen molar-refractivity contribution in [2.45, 2.75) is 43.9 Å². The molecule has 8 nitrogen and oxygen atoms in total. The number of hydrogen-bond donors (Lipinski definition) is 1. The standard InChI is InChI=1S/C23H29N3O5S2/c1-2-15-32(28,29)24-20-8-6-7-19(16-20)23(27)26-14-11-18-17-21(9-10-22(18)26)33(30,31)25-12-4-3-5-13-25/h6-10,16-17,24H,2-5,11-15H2,1H3. The van der Waals surface area contributed by atoms with Crippen molar-refractivity contribution >= 4 is 37.3 Å². The van der Waals surface area contributed by atoms with Crippen LogP contribution in [0.3, 0.4) is 0 Å². The molecular weight excluding hydrogens is 462 g/mol. The van der Waals surface area contributed by atoms with Crippen LogP contribution in [0.5, 0.6) is 0 Å². The van der Waals surface area contributed by atoms with Gasteiger partial charge in [0.1, 0.15) is 0 Å². The lowest BCUT2D eigenvalue weighted by atomic mass is 10.1. The van der Waals surface area contributed by atoms with Crippen LogP contribution in [-0.2, 0) is 26.5 Å². The number of nitrogens with one attached hydrogen (secondary N) is 1. The lowest BCUT2D eigenvalue weighted by Crippen LogP contribution is -2.35. The summed E-state index contributed by atoms with van der Waals surface area (Å²) in [6.45, 7) is 3.31. The van der Waals surface area contributed by atoms with E-state index < -0.39 is 20.0 Å². The molecule has 2 aliphatic heterocycles. The summed E-state index contributed by atoms with van der Waals surface area (Å²) in [5, 5.41) is 0. The second-order valence-electron chi connectivity index (χ2n) is 8.46. The van der Waals surface area contributed by atoms with E-state index in [9.17, 15) is 21.6 Å². The number of sulfonamides is 2. The van der Waals surface area contributed by atoms with E-state index in [4.69, 9.17) is 0 Å². The topological polar surface area (TPSA) is 104 Å². The van der Waals surface area contributed by atoms with Gasteiger partial charge in [-0.05, 0) is 67.6 Å². The number of amides is 1. The van der Waals surface area contributed by atoms with Gasteiger partial charge in [0.25, 0.3) is 5.91 Å². The Bertz CT molecular complexity index is 1250. The number of rotatable bonds is 7. The van der Waals surface area contributed by atoms with E-state index in [0.29, 0.717) is 49.4 Å². The lowest BCUT2D eigenvalue weighted by molar-refractivity contribution is 0.0989. The molecule has 0 atom stereocenters. The van der Waals surface area contributed by atoms with E-state index >= 15 is 0 Å². The third kappa shape index (κ3) is 5.07. The number of hydrogen-bond acceptors (Lipinski definition) is 5. The number of benzene rings is 2. The molecule has 0 radical (unpaired) electrons. The minimum atomic E-state index is -3.54. The van der Waals surface area contributed by atoms with Crippen molar-refractivity contribution in [1.29, 1.82) is 0 Å². The van der Waals surface area contributed by atoms with Gasteiger partial charge < -0.3 is 4.90 Å². The maximum atomic E-state index is 13.2. The van der Waals surface area contributed by atoms with Gasteiger partial charge in [0.05, 0.1) is 10.6 Å². The molecule has 2 aliphatic rings. The highest BCUT2D eigenvalue weighted by Crippen LogP contribution is 2.33. The molecule has 2 heterocycles. The summed E-state index contributed by atoms with van der Waals surface area (Å²) in [5.41, 5.74) is 2.22. The summed E-state index contributed by atoms with van der Waals surface area (Å²) in [5.74, 6) is -0.246. The van der Waals surface area contributed by atoms with Gasteiger partial charge in [-0.25, -0.2) is 16.8 Å². The third-order valence-electron chi connectivity index (χ3n) is 6.00. The van der Waals surface area contributed by atoms with Crippen molar-refractivity contribution in [3.8, 4) is 0 Å². The zero-order valence-electron chi connectivity index (χ0n) is 18.7. The van der Waals surface area contributed by atoms with Gasteiger partial charge in [-0.3, -0.25) is 9.52 Å². The van der Waals surface area contributed by atoms with Gasteiger partial charge >= 0.3 is 0 Å². The van der Waals surface area contributed by atoms with Crippen molar-refractivity contribution in [1.82, 2.24) is 4.31 Å². The minimum absolute atomic E-state index is 0.00729. The molecule has 0 bridgehead atoms. The second-order valence-corrected chi connectivity index (χ2v) is 12.2. The van der Waals surface area contributed by atoms with Crippen molar-refractivity contribution in [3.63, 3.8) is 0 Å². The van der Waals surface area contributed by atoms with Gasteiger partial charge in [-0.2, -0.15) is 4.31 Å². The van der Waals surface area contributed by atoms with Crippen molar-refractivity contribution in [2.24, 2.45) is 0 Å². The number of piperidine rings is 1. The van der Waals surface area contributed by atoms with Crippen LogP contribution in [0, 0.1) is 0 Å². The molecule has 2 aromatic rings. The average Bonchev–Trinajstić information content (AvgIpc) is 3.22.